The van der Waals surface area contributed by atoms with E-state index >= 15 is 0 Å². The van der Waals surface area contributed by atoms with Gasteiger partial charge in [0, 0.05) is 0 Å². The van der Waals surface area contributed by atoms with E-state index in [0.29, 0.717) is 0 Å². The van der Waals surface area contributed by atoms with Gasteiger partial charge in [-0.1, -0.05) is 173 Å². The molecule has 0 spiro atoms. The molecule has 0 bridgehead atoms. The summed E-state index contributed by atoms with van der Waals surface area (Å²) in [5.74, 6) is 0. The maximum absolute atomic E-state index is 4.02. The van der Waals surface area contributed by atoms with Crippen molar-refractivity contribution in [2.45, 2.75) is 72.6 Å². The molecule has 5 aromatic carbocycles. The molecule has 251 valence electrons. The normalized spacial score (nSPS) is 13.0. The third-order valence-electron chi connectivity index (χ3n) is 10.0. The van der Waals surface area contributed by atoms with Gasteiger partial charge in [-0.25, -0.2) is 0 Å². The van der Waals surface area contributed by atoms with Crippen molar-refractivity contribution in [3.05, 3.63) is 176 Å². The van der Waals surface area contributed by atoms with Crippen molar-refractivity contribution >= 4 is 22.8 Å². The molecule has 0 saturated carbocycles. The van der Waals surface area contributed by atoms with Crippen molar-refractivity contribution in [2.24, 2.45) is 0 Å². The Kier molecular flexibility index (Phi) is 12.0. The van der Waals surface area contributed by atoms with Gasteiger partial charge in [-0.15, -0.1) is 34.1 Å². The average Bonchev–Trinajstić information content (AvgIpc) is 3.67. The molecule has 0 unspecified atom stereocenters. The minimum atomic E-state index is -0.149. The molecular weight excluding hydrogens is 727 g/mol. The first-order valence-electron chi connectivity index (χ1n) is 17.0. The summed E-state index contributed by atoms with van der Waals surface area (Å²) in [6.07, 6.45) is 9.64. The van der Waals surface area contributed by atoms with Crippen LogP contribution in [0.15, 0.2) is 115 Å². The van der Waals surface area contributed by atoms with E-state index in [1.54, 1.807) is 0 Å². The minimum absolute atomic E-state index is 0. The zero-order chi connectivity index (χ0) is 33.1. The molecule has 0 saturated heterocycles. The van der Waals surface area contributed by atoms with Crippen LogP contribution in [0.2, 0.25) is 0 Å². The number of hydrogen-bond acceptors (Lipinski definition) is 0. The molecule has 3 heteroatoms. The molecular formula is C47H45Cl2Zr. The maximum atomic E-state index is 4.02. The van der Waals surface area contributed by atoms with Gasteiger partial charge in [0.2, 0.25) is 0 Å². The average molecular weight is 772 g/mol. The van der Waals surface area contributed by atoms with E-state index in [4.69, 9.17) is 0 Å². The van der Waals surface area contributed by atoms with Gasteiger partial charge in [0.05, 0.1) is 0 Å². The number of fused-ring (bicyclic) bond motifs is 3. The van der Waals surface area contributed by atoms with Crippen molar-refractivity contribution in [2.75, 3.05) is 0 Å². The zero-order valence-corrected chi connectivity index (χ0v) is 34.4. The fourth-order valence-corrected chi connectivity index (χ4v) is 7.51. The summed E-state index contributed by atoms with van der Waals surface area (Å²) in [5, 5.41) is 2.54. The maximum Gasteiger partial charge on any atom is 3.00 e. The van der Waals surface area contributed by atoms with E-state index in [-0.39, 0.29) is 61.8 Å². The molecule has 2 aliphatic rings. The minimum Gasteiger partial charge on any atom is -1.00 e. The first-order valence-corrected chi connectivity index (χ1v) is 17.0. The van der Waals surface area contributed by atoms with Gasteiger partial charge in [-0.05, 0) is 75.3 Å². The monoisotopic (exact) mass is 769 g/mol. The van der Waals surface area contributed by atoms with Crippen molar-refractivity contribution < 1.29 is 51.0 Å². The van der Waals surface area contributed by atoms with Crippen LogP contribution in [0.5, 0.6) is 0 Å². The van der Waals surface area contributed by atoms with Crippen LogP contribution in [-0.2, 0) is 37.0 Å². The number of benzene rings is 5. The SMILES string of the molecule is Cc1cccc(C2=C(c3c(C(C)(C)C)c(=C(c4ccccc4)c4ccccc4)cc4c3=[C-]c3cc(C(C)(C)C)ccc3-4)CC=C2)c1C.[Cl-].[Cl-].[Zr+3]. The topological polar surface area (TPSA) is 0 Å². The number of aryl methyl sites for hydroxylation is 1. The summed E-state index contributed by atoms with van der Waals surface area (Å²) < 4.78 is 0. The summed E-state index contributed by atoms with van der Waals surface area (Å²) in [6, 6.07) is 38.2. The van der Waals surface area contributed by atoms with Crippen LogP contribution in [0, 0.1) is 13.8 Å². The van der Waals surface area contributed by atoms with Gasteiger partial charge in [0.15, 0.2) is 0 Å². The Morgan fingerprint density at radius 3 is 1.84 bits per heavy atom. The van der Waals surface area contributed by atoms with E-state index in [2.05, 4.69) is 177 Å². The molecule has 7 rings (SSSR count). The summed E-state index contributed by atoms with van der Waals surface area (Å²) in [6.45, 7) is 18.5. The van der Waals surface area contributed by atoms with Gasteiger partial charge in [-0.3, -0.25) is 0 Å². The number of allylic oxidation sites excluding steroid dienone is 4. The van der Waals surface area contributed by atoms with Crippen LogP contribution in [0.1, 0.15) is 98.0 Å². The largest absolute Gasteiger partial charge is 3.00 e. The Morgan fingerprint density at radius 2 is 1.26 bits per heavy atom. The van der Waals surface area contributed by atoms with Crippen LogP contribution in [-0.4, -0.2) is 0 Å². The Labute approximate surface area is 331 Å². The quantitative estimate of drug-likeness (QED) is 0.228. The molecule has 0 nitrogen and oxygen atoms in total. The second-order valence-corrected chi connectivity index (χ2v) is 15.3. The molecule has 2 aliphatic carbocycles. The van der Waals surface area contributed by atoms with Gasteiger partial charge in [0.1, 0.15) is 0 Å². The van der Waals surface area contributed by atoms with E-state index in [0.717, 1.165) is 6.42 Å². The molecule has 50 heavy (non-hydrogen) atoms. The zero-order valence-electron chi connectivity index (χ0n) is 30.4. The summed E-state index contributed by atoms with van der Waals surface area (Å²) >= 11 is 0. The van der Waals surface area contributed by atoms with Gasteiger partial charge in [0.25, 0.3) is 0 Å². The Morgan fingerprint density at radius 1 is 0.640 bits per heavy atom. The van der Waals surface area contributed by atoms with E-state index in [1.165, 1.54) is 88.4 Å². The van der Waals surface area contributed by atoms with Crippen LogP contribution in [0.25, 0.3) is 33.9 Å². The molecule has 1 radical (unpaired) electrons. The van der Waals surface area contributed by atoms with Crippen LogP contribution < -0.4 is 35.3 Å². The fourth-order valence-electron chi connectivity index (χ4n) is 7.51. The second kappa shape index (κ2) is 15.2. The summed E-state index contributed by atoms with van der Waals surface area (Å²) in [7, 11) is 0. The Bertz CT molecular complexity index is 2180. The molecule has 0 aliphatic heterocycles. The van der Waals surface area contributed by atoms with Crippen molar-refractivity contribution in [3.63, 3.8) is 0 Å². The van der Waals surface area contributed by atoms with Gasteiger partial charge >= 0.3 is 26.2 Å². The summed E-state index contributed by atoms with van der Waals surface area (Å²) in [5.41, 5.74) is 18.2. The Balaban J connectivity index is 0.00000187. The van der Waals surface area contributed by atoms with Crippen LogP contribution in [0.4, 0.5) is 0 Å². The van der Waals surface area contributed by atoms with E-state index in [1.807, 2.05) is 0 Å². The van der Waals surface area contributed by atoms with Crippen LogP contribution in [0.3, 0.4) is 0 Å². The van der Waals surface area contributed by atoms with Crippen molar-refractivity contribution in [3.8, 4) is 11.1 Å². The predicted octanol–water partition coefficient (Wildman–Crippen LogP) is 4.71. The van der Waals surface area contributed by atoms with Crippen molar-refractivity contribution in [1.82, 2.24) is 0 Å². The molecule has 0 N–H and O–H groups in total. The molecule has 0 fully saturated rings. The molecule has 0 heterocycles. The van der Waals surface area contributed by atoms with Crippen molar-refractivity contribution in [1.29, 1.82) is 0 Å². The third-order valence-corrected chi connectivity index (χ3v) is 10.0. The predicted molar refractivity (Wildman–Crippen MR) is 202 cm³/mol. The molecule has 5 aromatic rings. The van der Waals surface area contributed by atoms with E-state index in [9.17, 15) is 0 Å². The molecule has 0 aromatic heterocycles. The first kappa shape index (κ1) is 39.6. The van der Waals surface area contributed by atoms with Gasteiger partial charge < -0.3 is 24.8 Å². The molecule has 0 amide bonds. The Hall–Kier alpha value is -3.22. The first-order chi connectivity index (χ1) is 22.4. The number of hydrogen-bond donors (Lipinski definition) is 0. The fraction of sp³-hybridized carbons (Fsp3) is 0.234. The van der Waals surface area contributed by atoms with Gasteiger partial charge in [-0.2, -0.15) is 0 Å². The standard InChI is InChI=1S/C47H45.2ClH.Zr/c1-30-17-15-22-36(31(30)2)38-23-16-24-39(38)44-41-28-34-27-35(46(3,4)5)25-26-37(34)40(41)29-42(45(44)47(6,7)8)43(32-18-11-9-12-19-32)33-20-13-10-14-21-33;;;/h9-23,25-27,29H,24H2,1-8H3;2*1H;/q-1;;;+3/p-2. The third kappa shape index (κ3) is 7.12. The number of rotatable bonds is 4. The van der Waals surface area contributed by atoms with Crippen LogP contribution >= 0.6 is 0 Å². The number of halogens is 2. The summed E-state index contributed by atoms with van der Waals surface area (Å²) in [4.78, 5) is 0. The second-order valence-electron chi connectivity index (χ2n) is 15.3. The molecule has 0 atom stereocenters. The van der Waals surface area contributed by atoms with E-state index < -0.39 is 0 Å². The smallest absolute Gasteiger partial charge is 1.00 e.